The molecule has 1 heterocycles. The van der Waals surface area contributed by atoms with Crippen LogP contribution in [0.4, 0.5) is 11.4 Å². The minimum absolute atomic E-state index is 0.130. The van der Waals surface area contributed by atoms with Crippen molar-refractivity contribution in [2.75, 3.05) is 23.4 Å². The molecule has 38 heavy (non-hydrogen) atoms. The summed E-state index contributed by atoms with van der Waals surface area (Å²) < 4.78 is 10.3. The van der Waals surface area contributed by atoms with Crippen molar-refractivity contribution in [2.45, 2.75) is 46.0 Å². The second-order valence-corrected chi connectivity index (χ2v) is 9.88. The Kier molecular flexibility index (Phi) is 8.55. The van der Waals surface area contributed by atoms with Crippen LogP contribution in [0.25, 0.3) is 0 Å². The highest BCUT2D eigenvalue weighted by molar-refractivity contribution is 6.22. The molecule has 4 rings (SSSR count). The van der Waals surface area contributed by atoms with Crippen LogP contribution in [0, 0.1) is 17.8 Å². The van der Waals surface area contributed by atoms with Crippen LogP contribution in [0.3, 0.4) is 0 Å². The standard InChI is InChI=1S/C29H32N2O7/c1-3-4-14-37-28(35)19-9-11-21(12-10-19)30-25(32)17-38-29(36)20-6-5-7-22(16-20)31-26(33)23-13-8-18(2)15-24(23)27(31)34/h5-7,9-12,16,18,23-24H,3-4,8,13-15,17H2,1-2H3,(H,30,32)/t18-,23-,24+/m1/s1. The third-order valence-electron chi connectivity index (χ3n) is 7.00. The van der Waals surface area contributed by atoms with E-state index in [2.05, 4.69) is 12.2 Å². The van der Waals surface area contributed by atoms with Crippen LogP contribution in [-0.2, 0) is 23.9 Å². The first-order valence-corrected chi connectivity index (χ1v) is 13.0. The molecular weight excluding hydrogens is 488 g/mol. The molecule has 1 aliphatic heterocycles. The van der Waals surface area contributed by atoms with Crippen molar-refractivity contribution < 1.29 is 33.4 Å². The number of hydrogen-bond acceptors (Lipinski definition) is 7. The third kappa shape index (κ3) is 6.10. The predicted octanol–water partition coefficient (Wildman–Crippen LogP) is 4.36. The monoisotopic (exact) mass is 520 g/mol. The zero-order valence-electron chi connectivity index (χ0n) is 21.6. The zero-order valence-corrected chi connectivity index (χ0v) is 21.6. The average Bonchev–Trinajstić information content (AvgIpc) is 3.16. The minimum Gasteiger partial charge on any atom is -0.462 e. The van der Waals surface area contributed by atoms with Gasteiger partial charge in [0.1, 0.15) is 0 Å². The van der Waals surface area contributed by atoms with E-state index < -0.39 is 24.5 Å². The van der Waals surface area contributed by atoms with E-state index in [0.29, 0.717) is 42.3 Å². The largest absolute Gasteiger partial charge is 0.462 e. The number of benzene rings is 2. The Balaban J connectivity index is 1.31. The molecule has 0 spiro atoms. The average molecular weight is 521 g/mol. The molecule has 1 saturated carbocycles. The number of imide groups is 1. The molecular formula is C29H32N2O7. The lowest BCUT2D eigenvalue weighted by Crippen LogP contribution is -2.31. The second kappa shape index (κ2) is 12.0. The van der Waals surface area contributed by atoms with Gasteiger partial charge in [-0.2, -0.15) is 0 Å². The topological polar surface area (TPSA) is 119 Å². The van der Waals surface area contributed by atoms with E-state index in [-0.39, 0.29) is 29.2 Å². The first kappa shape index (κ1) is 27.0. The first-order valence-electron chi connectivity index (χ1n) is 13.0. The third-order valence-corrected chi connectivity index (χ3v) is 7.00. The fourth-order valence-electron chi connectivity index (χ4n) is 4.91. The fourth-order valence-corrected chi connectivity index (χ4v) is 4.91. The van der Waals surface area contributed by atoms with E-state index in [1.807, 2.05) is 6.92 Å². The molecule has 0 radical (unpaired) electrons. The number of carbonyl (C=O) groups is 5. The summed E-state index contributed by atoms with van der Waals surface area (Å²) in [4.78, 5) is 64.0. The number of rotatable bonds is 9. The van der Waals surface area contributed by atoms with Crippen LogP contribution in [0.5, 0.6) is 0 Å². The number of anilines is 2. The summed E-state index contributed by atoms with van der Waals surface area (Å²) in [6.07, 6.45) is 4.01. The van der Waals surface area contributed by atoms with Gasteiger partial charge in [0.15, 0.2) is 6.61 Å². The van der Waals surface area contributed by atoms with E-state index in [1.54, 1.807) is 36.4 Å². The lowest BCUT2D eigenvalue weighted by atomic mass is 9.76. The van der Waals surface area contributed by atoms with Gasteiger partial charge in [0.05, 0.1) is 35.3 Å². The molecule has 2 aliphatic rings. The molecule has 3 atom stereocenters. The molecule has 2 fully saturated rings. The number of fused-ring (bicyclic) bond motifs is 1. The molecule has 0 aromatic heterocycles. The van der Waals surface area contributed by atoms with Gasteiger partial charge in [-0.05, 0) is 74.1 Å². The number of nitrogens with one attached hydrogen (secondary N) is 1. The van der Waals surface area contributed by atoms with Crippen LogP contribution in [0.15, 0.2) is 48.5 Å². The quantitative estimate of drug-likeness (QED) is 0.296. The van der Waals surface area contributed by atoms with E-state index in [1.165, 1.54) is 17.0 Å². The van der Waals surface area contributed by atoms with Gasteiger partial charge in [0.2, 0.25) is 11.8 Å². The number of amides is 3. The van der Waals surface area contributed by atoms with Crippen LogP contribution in [-0.4, -0.2) is 42.9 Å². The van der Waals surface area contributed by atoms with E-state index >= 15 is 0 Å². The Labute approximate surface area is 221 Å². The highest BCUT2D eigenvalue weighted by atomic mass is 16.5. The van der Waals surface area contributed by atoms with E-state index in [4.69, 9.17) is 9.47 Å². The van der Waals surface area contributed by atoms with Crippen LogP contribution in [0.1, 0.15) is 66.7 Å². The SMILES string of the molecule is CCCCOC(=O)c1ccc(NC(=O)COC(=O)c2cccc(N3C(=O)[C@H]4C[C@H](C)CC[C@H]4C3=O)c2)cc1. The van der Waals surface area contributed by atoms with Crippen molar-refractivity contribution in [3.8, 4) is 0 Å². The smallest absolute Gasteiger partial charge is 0.338 e. The van der Waals surface area contributed by atoms with Crippen molar-refractivity contribution in [1.29, 1.82) is 0 Å². The van der Waals surface area contributed by atoms with Gasteiger partial charge in [-0.25, -0.2) is 9.59 Å². The molecule has 3 amide bonds. The lowest BCUT2D eigenvalue weighted by Gasteiger charge is -2.25. The molecule has 0 unspecified atom stereocenters. The normalized spacial score (nSPS) is 20.6. The second-order valence-electron chi connectivity index (χ2n) is 9.88. The summed E-state index contributed by atoms with van der Waals surface area (Å²) in [5.74, 6) is -2.42. The van der Waals surface area contributed by atoms with Crippen LogP contribution in [0.2, 0.25) is 0 Å². The summed E-state index contributed by atoms with van der Waals surface area (Å²) in [6, 6.07) is 12.3. The molecule has 200 valence electrons. The summed E-state index contributed by atoms with van der Waals surface area (Å²) in [5, 5.41) is 2.60. The van der Waals surface area contributed by atoms with E-state index in [9.17, 15) is 24.0 Å². The van der Waals surface area contributed by atoms with Gasteiger partial charge in [-0.15, -0.1) is 0 Å². The summed E-state index contributed by atoms with van der Waals surface area (Å²) in [7, 11) is 0. The van der Waals surface area contributed by atoms with Crippen molar-refractivity contribution in [2.24, 2.45) is 17.8 Å². The first-order chi connectivity index (χ1) is 18.3. The van der Waals surface area contributed by atoms with Gasteiger partial charge in [0.25, 0.3) is 5.91 Å². The summed E-state index contributed by atoms with van der Waals surface area (Å²) in [6.45, 7) is 3.91. The number of carbonyl (C=O) groups excluding carboxylic acids is 5. The van der Waals surface area contributed by atoms with Crippen molar-refractivity contribution in [1.82, 2.24) is 0 Å². The summed E-state index contributed by atoms with van der Waals surface area (Å²) >= 11 is 0. The molecule has 1 N–H and O–H groups in total. The van der Waals surface area contributed by atoms with Crippen LogP contribution >= 0.6 is 0 Å². The molecule has 9 nitrogen and oxygen atoms in total. The van der Waals surface area contributed by atoms with Crippen LogP contribution < -0.4 is 10.2 Å². The number of ether oxygens (including phenoxy) is 2. The predicted molar refractivity (Wildman–Crippen MR) is 139 cm³/mol. The molecule has 1 saturated heterocycles. The zero-order chi connectivity index (χ0) is 27.2. The Morgan fingerprint density at radius 2 is 1.63 bits per heavy atom. The number of unbranched alkanes of at least 4 members (excludes halogenated alkanes) is 1. The van der Waals surface area contributed by atoms with Gasteiger partial charge < -0.3 is 14.8 Å². The maximum Gasteiger partial charge on any atom is 0.338 e. The van der Waals surface area contributed by atoms with Gasteiger partial charge in [-0.1, -0.05) is 26.3 Å². The molecule has 9 heteroatoms. The summed E-state index contributed by atoms with van der Waals surface area (Å²) in [5.41, 5.74) is 1.26. The highest BCUT2D eigenvalue weighted by Gasteiger charge is 2.50. The molecule has 0 bridgehead atoms. The Bertz CT molecular complexity index is 1220. The molecule has 1 aliphatic carbocycles. The lowest BCUT2D eigenvalue weighted by molar-refractivity contribution is -0.122. The Hall–Kier alpha value is -4.01. The number of hydrogen-bond donors (Lipinski definition) is 1. The maximum absolute atomic E-state index is 13.0. The van der Waals surface area contributed by atoms with Gasteiger partial charge in [-0.3, -0.25) is 19.3 Å². The van der Waals surface area contributed by atoms with Crippen molar-refractivity contribution in [3.63, 3.8) is 0 Å². The van der Waals surface area contributed by atoms with Crippen molar-refractivity contribution >= 4 is 41.0 Å². The maximum atomic E-state index is 13.0. The highest BCUT2D eigenvalue weighted by Crippen LogP contribution is 2.42. The van der Waals surface area contributed by atoms with Gasteiger partial charge >= 0.3 is 11.9 Å². The minimum atomic E-state index is -0.752. The Morgan fingerprint density at radius 3 is 2.37 bits per heavy atom. The van der Waals surface area contributed by atoms with Gasteiger partial charge in [0, 0.05) is 5.69 Å². The van der Waals surface area contributed by atoms with Crippen molar-refractivity contribution in [3.05, 3.63) is 59.7 Å². The number of nitrogens with zero attached hydrogens (tertiary/aromatic N) is 1. The molecule has 2 aromatic rings. The molecule has 2 aromatic carbocycles. The fraction of sp³-hybridized carbons (Fsp3) is 0.414. The Morgan fingerprint density at radius 1 is 0.921 bits per heavy atom. The number of esters is 2. The van der Waals surface area contributed by atoms with E-state index in [0.717, 1.165) is 19.3 Å².